The predicted molar refractivity (Wildman–Crippen MR) is 117 cm³/mol. The van der Waals surface area contributed by atoms with Gasteiger partial charge in [0.2, 0.25) is 0 Å². The maximum absolute atomic E-state index is 13.9. The van der Waals surface area contributed by atoms with E-state index in [4.69, 9.17) is 4.74 Å². The molecule has 170 valence electrons. The van der Waals surface area contributed by atoms with Crippen molar-refractivity contribution in [3.63, 3.8) is 0 Å². The minimum Gasteiger partial charge on any atom is -0.466 e. The quantitative estimate of drug-likeness (QED) is 0.469. The number of para-hydroxylation sites is 1. The fraction of sp³-hybridized carbons (Fsp3) is 0.400. The molecule has 2 heterocycles. The molecule has 0 amide bonds. The number of benzene rings is 2. The van der Waals surface area contributed by atoms with Crippen LogP contribution in [-0.2, 0) is 41.6 Å². The van der Waals surface area contributed by atoms with Crippen molar-refractivity contribution in [1.29, 1.82) is 0 Å². The Balaban J connectivity index is 1.66. The summed E-state index contributed by atoms with van der Waals surface area (Å²) in [6.07, 6.45) is -2.87. The Kier molecular flexibility index (Phi) is 6.55. The van der Waals surface area contributed by atoms with E-state index in [-0.39, 0.29) is 25.1 Å². The number of ether oxygens (including phenoxy) is 1. The molecule has 0 atom stereocenters. The van der Waals surface area contributed by atoms with Gasteiger partial charge < -0.3 is 9.30 Å². The highest BCUT2D eigenvalue weighted by Crippen LogP contribution is 2.39. The smallest absolute Gasteiger partial charge is 0.418 e. The Bertz CT molecular complexity index is 1090. The molecule has 0 saturated carbocycles. The van der Waals surface area contributed by atoms with E-state index in [0.29, 0.717) is 18.4 Å². The molecule has 0 aliphatic carbocycles. The predicted octanol–water partition coefficient (Wildman–Crippen LogP) is 5.21. The molecule has 0 N–H and O–H groups in total. The molecule has 2 aromatic carbocycles. The average molecular weight is 444 g/mol. The standard InChI is InChI=1S/C25H27F3N2O2/c1-2-32-23(31)13-16-30-22-12-15-29(14-11-18-7-4-3-5-8-18)17-20(22)19-9-6-10-21(24(19)30)25(26,27)28/h3-10H,2,11-17H2,1H3. The van der Waals surface area contributed by atoms with Crippen LogP contribution in [0.3, 0.4) is 0 Å². The van der Waals surface area contributed by atoms with Crippen LogP contribution in [0.5, 0.6) is 0 Å². The van der Waals surface area contributed by atoms with Crippen molar-refractivity contribution in [2.24, 2.45) is 0 Å². The lowest BCUT2D eigenvalue weighted by Crippen LogP contribution is -2.32. The van der Waals surface area contributed by atoms with Gasteiger partial charge in [-0.1, -0.05) is 42.5 Å². The van der Waals surface area contributed by atoms with Crippen molar-refractivity contribution in [3.8, 4) is 0 Å². The molecule has 4 nitrogen and oxygen atoms in total. The van der Waals surface area contributed by atoms with E-state index < -0.39 is 17.7 Å². The van der Waals surface area contributed by atoms with Gasteiger partial charge in [-0.3, -0.25) is 9.69 Å². The SMILES string of the molecule is CCOC(=O)CCn1c2c(c3cccc(C(F)(F)F)c31)CN(CCc1ccccc1)CC2. The highest BCUT2D eigenvalue weighted by Gasteiger charge is 2.36. The van der Waals surface area contributed by atoms with Crippen LogP contribution in [0.4, 0.5) is 13.2 Å². The van der Waals surface area contributed by atoms with Crippen molar-refractivity contribution in [2.75, 3.05) is 19.7 Å². The molecular weight excluding hydrogens is 417 g/mol. The Morgan fingerprint density at radius 1 is 1.06 bits per heavy atom. The lowest BCUT2D eigenvalue weighted by atomic mass is 10.0. The normalized spacial score (nSPS) is 14.5. The molecular formula is C25H27F3N2O2. The minimum absolute atomic E-state index is 0.0496. The molecule has 0 bridgehead atoms. The number of hydrogen-bond donors (Lipinski definition) is 0. The number of esters is 1. The lowest BCUT2D eigenvalue weighted by molar-refractivity contribution is -0.143. The van der Waals surface area contributed by atoms with Gasteiger partial charge in [-0.05, 0) is 30.5 Å². The zero-order valence-electron chi connectivity index (χ0n) is 18.1. The van der Waals surface area contributed by atoms with Gasteiger partial charge in [-0.25, -0.2) is 0 Å². The van der Waals surface area contributed by atoms with Crippen LogP contribution in [-0.4, -0.2) is 35.1 Å². The Morgan fingerprint density at radius 2 is 1.84 bits per heavy atom. The monoisotopic (exact) mass is 444 g/mol. The highest BCUT2D eigenvalue weighted by atomic mass is 19.4. The van der Waals surface area contributed by atoms with Crippen molar-refractivity contribution in [3.05, 3.63) is 70.9 Å². The number of aromatic nitrogens is 1. The first kappa shape index (κ1) is 22.4. The number of rotatable bonds is 7. The second kappa shape index (κ2) is 9.36. The maximum atomic E-state index is 13.9. The van der Waals surface area contributed by atoms with E-state index in [9.17, 15) is 18.0 Å². The summed E-state index contributed by atoms with van der Waals surface area (Å²) < 4.78 is 48.3. The van der Waals surface area contributed by atoms with E-state index in [1.807, 2.05) is 18.2 Å². The number of alkyl halides is 3. The van der Waals surface area contributed by atoms with E-state index in [2.05, 4.69) is 17.0 Å². The van der Waals surface area contributed by atoms with Crippen LogP contribution in [0, 0.1) is 0 Å². The number of hydrogen-bond acceptors (Lipinski definition) is 3. The third-order valence-corrected chi connectivity index (χ3v) is 6.06. The topological polar surface area (TPSA) is 34.5 Å². The highest BCUT2D eigenvalue weighted by molar-refractivity contribution is 5.89. The Labute approximate surface area is 185 Å². The zero-order chi connectivity index (χ0) is 22.7. The molecule has 0 saturated heterocycles. The van der Waals surface area contributed by atoms with Crippen molar-refractivity contribution >= 4 is 16.9 Å². The molecule has 4 rings (SSSR count). The summed E-state index contributed by atoms with van der Waals surface area (Å²) in [6, 6.07) is 14.6. The second-order valence-electron chi connectivity index (χ2n) is 8.09. The average Bonchev–Trinajstić information content (AvgIpc) is 3.09. The molecule has 3 aromatic rings. The van der Waals surface area contributed by atoms with Gasteiger partial charge >= 0.3 is 12.1 Å². The van der Waals surface area contributed by atoms with E-state index >= 15 is 0 Å². The summed E-state index contributed by atoms with van der Waals surface area (Å²) >= 11 is 0. The second-order valence-corrected chi connectivity index (χ2v) is 8.09. The summed E-state index contributed by atoms with van der Waals surface area (Å²) in [5.74, 6) is -0.395. The van der Waals surface area contributed by atoms with Gasteiger partial charge in [0.1, 0.15) is 0 Å². The first-order valence-electron chi connectivity index (χ1n) is 11.0. The molecule has 32 heavy (non-hydrogen) atoms. The third kappa shape index (κ3) is 4.67. The van der Waals surface area contributed by atoms with Crippen LogP contribution in [0.2, 0.25) is 0 Å². The van der Waals surface area contributed by atoms with Crippen LogP contribution in [0.25, 0.3) is 10.9 Å². The molecule has 0 unspecified atom stereocenters. The first-order chi connectivity index (χ1) is 15.4. The van der Waals surface area contributed by atoms with Crippen LogP contribution >= 0.6 is 0 Å². The maximum Gasteiger partial charge on any atom is 0.418 e. The van der Waals surface area contributed by atoms with E-state index in [1.54, 1.807) is 17.6 Å². The molecule has 0 radical (unpaired) electrons. The first-order valence-corrected chi connectivity index (χ1v) is 11.0. The number of nitrogens with zero attached hydrogens (tertiary/aromatic N) is 2. The van der Waals surface area contributed by atoms with Gasteiger partial charge in [-0.15, -0.1) is 0 Å². The fourth-order valence-corrected chi connectivity index (χ4v) is 4.59. The summed E-state index contributed by atoms with van der Waals surface area (Å²) in [6.45, 7) is 4.38. The molecule has 7 heteroatoms. The van der Waals surface area contributed by atoms with Gasteiger partial charge in [0.25, 0.3) is 0 Å². The van der Waals surface area contributed by atoms with E-state index in [0.717, 1.165) is 36.8 Å². The third-order valence-electron chi connectivity index (χ3n) is 6.06. The van der Waals surface area contributed by atoms with Crippen LogP contribution in [0.15, 0.2) is 48.5 Å². The Hall–Kier alpha value is -2.80. The van der Waals surface area contributed by atoms with Gasteiger partial charge in [0.15, 0.2) is 0 Å². The number of fused-ring (bicyclic) bond motifs is 3. The number of aryl methyl sites for hydroxylation is 1. The van der Waals surface area contributed by atoms with Crippen LogP contribution in [0.1, 0.15) is 35.7 Å². The summed E-state index contributed by atoms with van der Waals surface area (Å²) in [4.78, 5) is 14.2. The largest absolute Gasteiger partial charge is 0.466 e. The van der Waals surface area contributed by atoms with Gasteiger partial charge in [0.05, 0.1) is 24.1 Å². The van der Waals surface area contributed by atoms with Gasteiger partial charge in [-0.2, -0.15) is 13.2 Å². The van der Waals surface area contributed by atoms with Crippen molar-refractivity contribution in [1.82, 2.24) is 9.47 Å². The number of carbonyl (C=O) groups excluding carboxylic acids is 1. The zero-order valence-corrected chi connectivity index (χ0v) is 18.1. The molecule has 1 aliphatic rings. The summed E-state index contributed by atoms with van der Waals surface area (Å²) in [5.41, 5.74) is 2.61. The fourth-order valence-electron chi connectivity index (χ4n) is 4.59. The molecule has 1 aromatic heterocycles. The molecule has 0 spiro atoms. The molecule has 1 aliphatic heterocycles. The van der Waals surface area contributed by atoms with Gasteiger partial charge in [0, 0.05) is 43.7 Å². The summed E-state index contributed by atoms with van der Waals surface area (Å²) in [5, 5.41) is 0.628. The minimum atomic E-state index is -4.46. The van der Waals surface area contributed by atoms with E-state index in [1.165, 1.54) is 11.6 Å². The van der Waals surface area contributed by atoms with Crippen molar-refractivity contribution in [2.45, 2.75) is 45.5 Å². The molecule has 0 fully saturated rings. The Morgan fingerprint density at radius 3 is 2.56 bits per heavy atom. The summed E-state index contributed by atoms with van der Waals surface area (Å²) in [7, 11) is 0. The lowest BCUT2D eigenvalue weighted by Gasteiger charge is -2.28. The number of carbonyl (C=O) groups is 1. The van der Waals surface area contributed by atoms with Crippen LogP contribution < -0.4 is 0 Å². The van der Waals surface area contributed by atoms with Crippen molar-refractivity contribution < 1.29 is 22.7 Å². The number of halogens is 3.